The molecule has 7 nitrogen and oxygen atoms in total. The largest absolute Gasteiger partial charge is 0.344 e. The van der Waals surface area contributed by atoms with Gasteiger partial charge in [0.1, 0.15) is 5.69 Å². The third-order valence-electron chi connectivity index (χ3n) is 5.05. The molecule has 1 aromatic carbocycles. The Morgan fingerprint density at radius 3 is 2.48 bits per heavy atom. The molecule has 1 N–H and O–H groups in total. The minimum absolute atomic E-state index is 0.0317. The number of carbonyl (C=O) groups is 1. The summed E-state index contributed by atoms with van der Waals surface area (Å²) in [5.41, 5.74) is 3.94. The molecule has 2 aromatic heterocycles. The normalized spacial score (nSPS) is 14.8. The van der Waals surface area contributed by atoms with Gasteiger partial charge in [0.05, 0.1) is 6.54 Å². The highest BCUT2D eigenvalue weighted by molar-refractivity contribution is 7.18. The molecule has 1 saturated heterocycles. The van der Waals surface area contributed by atoms with Crippen molar-refractivity contribution in [2.24, 2.45) is 0 Å². The highest BCUT2D eigenvalue weighted by atomic mass is 32.1. The number of anilines is 2. The van der Waals surface area contributed by atoms with Gasteiger partial charge in [0.2, 0.25) is 11.0 Å². The van der Waals surface area contributed by atoms with Crippen molar-refractivity contribution in [3.63, 3.8) is 0 Å². The topological polar surface area (TPSA) is 74.2 Å². The number of piperazine rings is 1. The van der Waals surface area contributed by atoms with Gasteiger partial charge >= 0.3 is 0 Å². The van der Waals surface area contributed by atoms with E-state index in [1.54, 1.807) is 17.5 Å². The van der Waals surface area contributed by atoms with Gasteiger partial charge in [-0.15, -0.1) is 10.2 Å². The van der Waals surface area contributed by atoms with Gasteiger partial charge < -0.3 is 10.2 Å². The average Bonchev–Trinajstić information content (AvgIpc) is 3.22. The van der Waals surface area contributed by atoms with Crippen molar-refractivity contribution in [1.82, 2.24) is 20.1 Å². The molecule has 0 aliphatic carbocycles. The van der Waals surface area contributed by atoms with E-state index in [1.165, 1.54) is 0 Å². The molecule has 0 spiro atoms. The van der Waals surface area contributed by atoms with Crippen molar-refractivity contribution in [2.75, 3.05) is 42.9 Å². The summed E-state index contributed by atoms with van der Waals surface area (Å²) in [4.78, 5) is 21.2. The van der Waals surface area contributed by atoms with Crippen molar-refractivity contribution in [1.29, 1.82) is 0 Å². The van der Waals surface area contributed by atoms with Crippen molar-refractivity contribution in [2.45, 2.75) is 13.8 Å². The molecule has 150 valence electrons. The molecule has 0 bridgehead atoms. The standard InChI is InChI=1S/C21H24N6OS/c1-15-6-5-7-16(2)19(15)23-18(28)14-26-10-12-27(13-11-26)21-25-24-20(29-21)17-8-3-4-9-22-17/h3-9H,10-14H2,1-2H3,(H,23,28). The number of amides is 1. The lowest BCUT2D eigenvalue weighted by Gasteiger charge is -2.33. The number of benzene rings is 1. The molecule has 1 aliphatic heterocycles. The minimum atomic E-state index is 0.0317. The molecular weight excluding hydrogens is 384 g/mol. The number of carbonyl (C=O) groups excluding carboxylic acids is 1. The number of para-hydroxylation sites is 1. The fourth-order valence-electron chi connectivity index (χ4n) is 3.43. The van der Waals surface area contributed by atoms with Crippen LogP contribution in [-0.2, 0) is 4.79 Å². The second kappa shape index (κ2) is 8.67. The van der Waals surface area contributed by atoms with Crippen molar-refractivity contribution in [3.8, 4) is 10.7 Å². The molecule has 4 rings (SSSR count). The quantitative estimate of drug-likeness (QED) is 0.700. The van der Waals surface area contributed by atoms with Crippen LogP contribution in [0.15, 0.2) is 42.6 Å². The van der Waals surface area contributed by atoms with Crippen LogP contribution >= 0.6 is 11.3 Å². The number of hydrogen-bond acceptors (Lipinski definition) is 7. The fraction of sp³-hybridized carbons (Fsp3) is 0.333. The van der Waals surface area contributed by atoms with Gasteiger partial charge in [-0.1, -0.05) is 35.6 Å². The summed E-state index contributed by atoms with van der Waals surface area (Å²) in [7, 11) is 0. The van der Waals surface area contributed by atoms with Crippen LogP contribution in [0.25, 0.3) is 10.7 Å². The molecule has 0 radical (unpaired) electrons. The van der Waals surface area contributed by atoms with Crippen LogP contribution in [0, 0.1) is 13.8 Å². The van der Waals surface area contributed by atoms with Crippen molar-refractivity contribution < 1.29 is 4.79 Å². The Labute approximate surface area is 174 Å². The van der Waals surface area contributed by atoms with E-state index < -0.39 is 0 Å². The number of aromatic nitrogens is 3. The van der Waals surface area contributed by atoms with E-state index in [2.05, 4.69) is 30.3 Å². The Morgan fingerprint density at radius 2 is 1.79 bits per heavy atom. The predicted octanol–water partition coefficient (Wildman–Crippen LogP) is 2.98. The van der Waals surface area contributed by atoms with Gasteiger partial charge in [0, 0.05) is 38.1 Å². The maximum atomic E-state index is 12.5. The number of nitrogens with one attached hydrogen (secondary N) is 1. The Hall–Kier alpha value is -2.84. The number of rotatable bonds is 5. The monoisotopic (exact) mass is 408 g/mol. The summed E-state index contributed by atoms with van der Waals surface area (Å²) in [6.07, 6.45) is 1.76. The first-order valence-corrected chi connectivity index (χ1v) is 10.5. The smallest absolute Gasteiger partial charge is 0.238 e. The highest BCUT2D eigenvalue weighted by Gasteiger charge is 2.22. The molecule has 8 heteroatoms. The lowest BCUT2D eigenvalue weighted by atomic mass is 10.1. The fourth-order valence-corrected chi connectivity index (χ4v) is 4.30. The third-order valence-corrected chi connectivity index (χ3v) is 6.06. The minimum Gasteiger partial charge on any atom is -0.344 e. The van der Waals surface area contributed by atoms with Crippen molar-refractivity contribution in [3.05, 3.63) is 53.7 Å². The Morgan fingerprint density at radius 1 is 1.03 bits per heavy atom. The maximum absolute atomic E-state index is 12.5. The zero-order chi connectivity index (χ0) is 20.2. The number of hydrogen-bond donors (Lipinski definition) is 1. The van der Waals surface area contributed by atoms with Crippen LogP contribution in [-0.4, -0.2) is 58.7 Å². The van der Waals surface area contributed by atoms with Crippen LogP contribution < -0.4 is 10.2 Å². The molecule has 1 fully saturated rings. The average molecular weight is 409 g/mol. The molecule has 3 aromatic rings. The summed E-state index contributed by atoms with van der Waals surface area (Å²) < 4.78 is 0. The molecule has 1 amide bonds. The van der Waals surface area contributed by atoms with E-state index in [0.717, 1.165) is 58.8 Å². The Balaban J connectivity index is 1.31. The van der Waals surface area contributed by atoms with E-state index in [4.69, 9.17) is 0 Å². The van der Waals surface area contributed by atoms with E-state index in [9.17, 15) is 4.79 Å². The van der Waals surface area contributed by atoms with Crippen LogP contribution in [0.3, 0.4) is 0 Å². The van der Waals surface area contributed by atoms with Crippen LogP contribution in [0.5, 0.6) is 0 Å². The Kier molecular flexibility index (Phi) is 5.82. The first-order chi connectivity index (χ1) is 14.1. The Bertz CT molecular complexity index is 962. The lowest BCUT2D eigenvalue weighted by Crippen LogP contribution is -2.48. The SMILES string of the molecule is Cc1cccc(C)c1NC(=O)CN1CCN(c2nnc(-c3ccccn3)s2)CC1. The second-order valence-electron chi connectivity index (χ2n) is 7.18. The van der Waals surface area contributed by atoms with Gasteiger partial charge in [-0.2, -0.15) is 0 Å². The molecule has 3 heterocycles. The zero-order valence-corrected chi connectivity index (χ0v) is 17.4. The van der Waals surface area contributed by atoms with Crippen LogP contribution in [0.4, 0.5) is 10.8 Å². The predicted molar refractivity (Wildman–Crippen MR) is 116 cm³/mol. The molecule has 29 heavy (non-hydrogen) atoms. The summed E-state index contributed by atoms with van der Waals surface area (Å²) in [5, 5.41) is 13.4. The summed E-state index contributed by atoms with van der Waals surface area (Å²) in [5.74, 6) is 0.0317. The van der Waals surface area contributed by atoms with E-state index >= 15 is 0 Å². The zero-order valence-electron chi connectivity index (χ0n) is 16.6. The number of pyridine rings is 1. The van der Waals surface area contributed by atoms with E-state index in [1.807, 2.05) is 50.2 Å². The van der Waals surface area contributed by atoms with E-state index in [0.29, 0.717) is 6.54 Å². The van der Waals surface area contributed by atoms with Crippen LogP contribution in [0.1, 0.15) is 11.1 Å². The number of aryl methyl sites for hydroxylation is 2. The van der Waals surface area contributed by atoms with Gasteiger partial charge in [-0.05, 0) is 37.1 Å². The molecule has 0 unspecified atom stereocenters. The maximum Gasteiger partial charge on any atom is 0.238 e. The second-order valence-corrected chi connectivity index (χ2v) is 8.14. The van der Waals surface area contributed by atoms with Gasteiger partial charge in [-0.3, -0.25) is 14.7 Å². The molecular formula is C21H24N6OS. The number of nitrogens with zero attached hydrogens (tertiary/aromatic N) is 5. The molecule has 0 saturated carbocycles. The van der Waals surface area contributed by atoms with Gasteiger partial charge in [-0.25, -0.2) is 0 Å². The first-order valence-electron chi connectivity index (χ1n) is 9.68. The highest BCUT2D eigenvalue weighted by Crippen LogP contribution is 2.27. The summed E-state index contributed by atoms with van der Waals surface area (Å²) in [6.45, 7) is 7.72. The summed E-state index contributed by atoms with van der Waals surface area (Å²) in [6, 6.07) is 11.8. The van der Waals surface area contributed by atoms with E-state index in [-0.39, 0.29) is 5.91 Å². The lowest BCUT2D eigenvalue weighted by molar-refractivity contribution is -0.117. The molecule has 1 aliphatic rings. The molecule has 0 atom stereocenters. The summed E-state index contributed by atoms with van der Waals surface area (Å²) >= 11 is 1.56. The van der Waals surface area contributed by atoms with Gasteiger partial charge in [0.25, 0.3) is 0 Å². The van der Waals surface area contributed by atoms with Crippen LogP contribution in [0.2, 0.25) is 0 Å². The third kappa shape index (κ3) is 4.60. The van der Waals surface area contributed by atoms with Crippen molar-refractivity contribution >= 4 is 28.1 Å². The first kappa shape index (κ1) is 19.5. The van der Waals surface area contributed by atoms with Gasteiger partial charge in [0.15, 0.2) is 5.01 Å².